The summed E-state index contributed by atoms with van der Waals surface area (Å²) in [6.45, 7) is 18.1. The Morgan fingerprint density at radius 2 is 1.77 bits per heavy atom. The smallest absolute Gasteiger partial charge is 0.0191 e. The van der Waals surface area contributed by atoms with Gasteiger partial charge < -0.3 is 0 Å². The Kier molecular flexibility index (Phi) is 11.7. The van der Waals surface area contributed by atoms with Gasteiger partial charge in [0, 0.05) is 0 Å². The van der Waals surface area contributed by atoms with Crippen LogP contribution in [0.1, 0.15) is 99.3 Å². The van der Waals surface area contributed by atoms with E-state index in [-0.39, 0.29) is 0 Å². The first kappa shape index (κ1) is 21.5. The molecule has 0 radical (unpaired) electrons. The van der Waals surface area contributed by atoms with Crippen LogP contribution in [0.15, 0.2) is 24.3 Å². The Morgan fingerprint density at radius 3 is 2.27 bits per heavy atom. The molecule has 0 amide bonds. The van der Waals surface area contributed by atoms with E-state index in [1.165, 1.54) is 50.5 Å². The predicted octanol–water partition coefficient (Wildman–Crippen LogP) is 7.95. The van der Waals surface area contributed by atoms with Crippen molar-refractivity contribution in [2.75, 3.05) is 0 Å². The van der Waals surface area contributed by atoms with Gasteiger partial charge >= 0.3 is 0 Å². The quantitative estimate of drug-likeness (QED) is 0.239. The zero-order valence-corrected chi connectivity index (χ0v) is 16.4. The lowest BCUT2D eigenvalue weighted by Crippen LogP contribution is -2.20. The van der Waals surface area contributed by atoms with Crippen LogP contribution in [0.2, 0.25) is 0 Å². The third-order valence-electron chi connectivity index (χ3n) is 4.70. The van der Waals surface area contributed by atoms with Crippen molar-refractivity contribution in [1.82, 2.24) is 0 Å². The van der Waals surface area contributed by atoms with Gasteiger partial charge in [-0.3, -0.25) is 0 Å². The predicted molar refractivity (Wildman–Crippen MR) is 103 cm³/mol. The lowest BCUT2D eigenvalue weighted by atomic mass is 9.73. The van der Waals surface area contributed by atoms with Gasteiger partial charge in [-0.1, -0.05) is 84.4 Å². The molecular formula is C22H42. The lowest BCUT2D eigenvalue weighted by Gasteiger charge is -2.32. The number of allylic oxidation sites excluding steroid dienone is 3. The second-order valence-electron chi connectivity index (χ2n) is 8.10. The van der Waals surface area contributed by atoms with E-state index in [1.54, 1.807) is 0 Å². The fraction of sp³-hybridized carbons (Fsp3) is 0.818. The Balaban J connectivity index is 4.58. The second kappa shape index (κ2) is 12.0. The van der Waals surface area contributed by atoms with E-state index < -0.39 is 0 Å². The summed E-state index contributed by atoms with van der Waals surface area (Å²) in [5.74, 6) is 1.57. The molecule has 0 aromatic rings. The maximum Gasteiger partial charge on any atom is -0.0191 e. The van der Waals surface area contributed by atoms with Gasteiger partial charge in [0.2, 0.25) is 0 Å². The fourth-order valence-electron chi connectivity index (χ4n) is 3.69. The lowest BCUT2D eigenvalue weighted by molar-refractivity contribution is 0.209. The molecule has 130 valence electrons. The molecule has 0 aliphatic carbocycles. The molecule has 22 heavy (non-hydrogen) atoms. The number of hydrogen-bond donors (Lipinski definition) is 0. The molecule has 0 fully saturated rings. The molecule has 0 aliphatic rings. The minimum absolute atomic E-state index is 0.436. The van der Waals surface area contributed by atoms with Crippen molar-refractivity contribution >= 4 is 0 Å². The van der Waals surface area contributed by atoms with Gasteiger partial charge in [-0.2, -0.15) is 0 Å². The van der Waals surface area contributed by atoms with E-state index in [0.717, 1.165) is 18.8 Å². The van der Waals surface area contributed by atoms with Crippen molar-refractivity contribution in [1.29, 1.82) is 0 Å². The van der Waals surface area contributed by atoms with Crippen LogP contribution in [0, 0.1) is 17.3 Å². The Labute approximate surface area is 141 Å². The molecule has 0 heterocycles. The van der Waals surface area contributed by atoms with Crippen LogP contribution in [0.5, 0.6) is 0 Å². The normalized spacial score (nSPS) is 15.2. The molecule has 0 saturated carbocycles. The minimum atomic E-state index is 0.436. The van der Waals surface area contributed by atoms with Crippen LogP contribution in [0.3, 0.4) is 0 Å². The highest BCUT2D eigenvalue weighted by molar-refractivity contribution is 4.99. The SMILES string of the molecule is C=C(C)CC(/C=C/CC)CC(C)(C)CC(CC)CCCCC. The van der Waals surface area contributed by atoms with Crippen LogP contribution >= 0.6 is 0 Å². The largest absolute Gasteiger partial charge is 0.100 e. The van der Waals surface area contributed by atoms with E-state index >= 15 is 0 Å². The van der Waals surface area contributed by atoms with Gasteiger partial charge in [-0.05, 0) is 49.9 Å². The molecule has 2 unspecified atom stereocenters. The van der Waals surface area contributed by atoms with Crippen LogP contribution in [-0.2, 0) is 0 Å². The van der Waals surface area contributed by atoms with Crippen molar-refractivity contribution < 1.29 is 0 Å². The molecule has 0 aromatic heterocycles. The molecule has 0 N–H and O–H groups in total. The topological polar surface area (TPSA) is 0 Å². The molecule has 0 rings (SSSR count). The summed E-state index contributed by atoms with van der Waals surface area (Å²) in [6.07, 6.45) is 16.6. The van der Waals surface area contributed by atoms with Gasteiger partial charge in [0.25, 0.3) is 0 Å². The van der Waals surface area contributed by atoms with Crippen molar-refractivity contribution in [3.63, 3.8) is 0 Å². The van der Waals surface area contributed by atoms with Gasteiger partial charge in [0.05, 0.1) is 0 Å². The van der Waals surface area contributed by atoms with Crippen LogP contribution in [0.25, 0.3) is 0 Å². The van der Waals surface area contributed by atoms with E-state index in [0.29, 0.717) is 11.3 Å². The summed E-state index contributed by atoms with van der Waals surface area (Å²) in [7, 11) is 0. The summed E-state index contributed by atoms with van der Waals surface area (Å²) < 4.78 is 0. The summed E-state index contributed by atoms with van der Waals surface area (Å²) in [5, 5.41) is 0. The monoisotopic (exact) mass is 306 g/mol. The molecule has 0 aliphatic heterocycles. The fourth-order valence-corrected chi connectivity index (χ4v) is 3.69. The summed E-state index contributed by atoms with van der Waals surface area (Å²) in [4.78, 5) is 0. The molecule has 2 atom stereocenters. The number of rotatable bonds is 13. The van der Waals surface area contributed by atoms with Crippen LogP contribution in [-0.4, -0.2) is 0 Å². The van der Waals surface area contributed by atoms with Gasteiger partial charge in [0.15, 0.2) is 0 Å². The third-order valence-corrected chi connectivity index (χ3v) is 4.70. The third kappa shape index (κ3) is 11.1. The van der Waals surface area contributed by atoms with Crippen LogP contribution < -0.4 is 0 Å². The molecule has 0 spiro atoms. The molecule has 0 bridgehead atoms. The maximum atomic E-state index is 4.13. The highest BCUT2D eigenvalue weighted by Crippen LogP contribution is 2.37. The maximum absolute atomic E-state index is 4.13. The summed E-state index contributed by atoms with van der Waals surface area (Å²) in [6, 6.07) is 0. The number of hydrogen-bond acceptors (Lipinski definition) is 0. The standard InChI is InChI=1S/C22H42/c1-8-11-13-15-20(10-3)17-22(6,7)18-21(14-12-9-2)16-19(4)5/h12,14,20-21H,4,8-11,13,15-18H2,1-3,5-7H3/b14-12+. The van der Waals surface area contributed by atoms with Crippen molar-refractivity contribution in [2.24, 2.45) is 17.3 Å². The zero-order chi connectivity index (χ0) is 17.0. The Morgan fingerprint density at radius 1 is 1.09 bits per heavy atom. The number of unbranched alkanes of at least 4 members (excludes halogenated alkanes) is 2. The van der Waals surface area contributed by atoms with Crippen molar-refractivity contribution in [3.8, 4) is 0 Å². The Hall–Kier alpha value is -0.520. The second-order valence-corrected chi connectivity index (χ2v) is 8.10. The average molecular weight is 307 g/mol. The highest BCUT2D eigenvalue weighted by atomic mass is 14.3. The first-order valence-corrected chi connectivity index (χ1v) is 9.65. The van der Waals surface area contributed by atoms with E-state index in [2.05, 4.69) is 60.3 Å². The molecule has 0 aromatic carbocycles. The molecule has 0 nitrogen and oxygen atoms in total. The summed E-state index contributed by atoms with van der Waals surface area (Å²) >= 11 is 0. The van der Waals surface area contributed by atoms with E-state index in [4.69, 9.17) is 0 Å². The van der Waals surface area contributed by atoms with Crippen LogP contribution in [0.4, 0.5) is 0 Å². The zero-order valence-electron chi connectivity index (χ0n) is 16.4. The van der Waals surface area contributed by atoms with Gasteiger partial charge in [-0.15, -0.1) is 6.58 Å². The first-order valence-electron chi connectivity index (χ1n) is 9.65. The average Bonchev–Trinajstić information content (AvgIpc) is 2.42. The molecular weight excluding hydrogens is 264 g/mol. The molecule has 0 saturated heterocycles. The Bertz CT molecular complexity index is 308. The van der Waals surface area contributed by atoms with E-state index in [9.17, 15) is 0 Å². The minimum Gasteiger partial charge on any atom is -0.100 e. The molecule has 0 heteroatoms. The first-order chi connectivity index (χ1) is 10.3. The van der Waals surface area contributed by atoms with E-state index in [1.807, 2.05) is 0 Å². The van der Waals surface area contributed by atoms with Gasteiger partial charge in [0.1, 0.15) is 0 Å². The highest BCUT2D eigenvalue weighted by Gasteiger charge is 2.25. The van der Waals surface area contributed by atoms with Gasteiger partial charge in [-0.25, -0.2) is 0 Å². The summed E-state index contributed by atoms with van der Waals surface area (Å²) in [5.41, 5.74) is 1.75. The van der Waals surface area contributed by atoms with Crippen molar-refractivity contribution in [3.05, 3.63) is 24.3 Å². The van der Waals surface area contributed by atoms with Crippen molar-refractivity contribution in [2.45, 2.75) is 99.3 Å².